The Morgan fingerprint density at radius 3 is 2.50 bits per heavy atom. The molecule has 2 saturated heterocycles. The van der Waals surface area contributed by atoms with Crippen LogP contribution in [0.5, 0.6) is 5.75 Å². The summed E-state index contributed by atoms with van der Waals surface area (Å²) in [6.45, 7) is 3.33. The SMILES string of the molecule is CCCC1C(C(=O)N2CCC(C#N)(c3ccccc3OCCCP(OC)OC)CC2)CCCN1C(=O)c1cnccc1C(F)(F)F. The summed E-state index contributed by atoms with van der Waals surface area (Å²) in [6.07, 6.45) is 1.73. The molecule has 2 atom stereocenters. The van der Waals surface area contributed by atoms with Gasteiger partial charge in [-0.2, -0.15) is 18.4 Å². The molecule has 0 N–H and O–H groups in total. The van der Waals surface area contributed by atoms with Crippen LogP contribution < -0.4 is 4.74 Å². The Kier molecular flexibility index (Phi) is 12.4. The predicted molar refractivity (Wildman–Crippen MR) is 167 cm³/mol. The molecule has 2 aliphatic heterocycles. The van der Waals surface area contributed by atoms with Gasteiger partial charge in [0, 0.05) is 64.0 Å². The first-order valence-corrected chi connectivity index (χ1v) is 17.1. The molecule has 0 radical (unpaired) electrons. The third-order valence-electron chi connectivity index (χ3n) is 8.99. The number of aromatic nitrogens is 1. The molecule has 2 amide bonds. The van der Waals surface area contributed by atoms with Crippen LogP contribution in [0.2, 0.25) is 0 Å². The number of amides is 2. The number of hydrogen-bond donors (Lipinski definition) is 0. The summed E-state index contributed by atoms with van der Waals surface area (Å²) in [6, 6.07) is 10.3. The molecule has 0 aliphatic carbocycles. The van der Waals surface area contributed by atoms with Gasteiger partial charge < -0.3 is 23.6 Å². The Labute approximate surface area is 269 Å². The van der Waals surface area contributed by atoms with Crippen molar-refractivity contribution in [2.45, 2.75) is 69.5 Å². The van der Waals surface area contributed by atoms with Crippen molar-refractivity contribution < 1.29 is 36.5 Å². The molecule has 0 spiro atoms. The van der Waals surface area contributed by atoms with Gasteiger partial charge in [-0.3, -0.25) is 14.6 Å². The Morgan fingerprint density at radius 1 is 1.13 bits per heavy atom. The number of hydrogen-bond acceptors (Lipinski definition) is 7. The maximum absolute atomic E-state index is 14.0. The molecule has 2 unspecified atom stereocenters. The van der Waals surface area contributed by atoms with Gasteiger partial charge in [0.15, 0.2) is 8.38 Å². The quantitative estimate of drug-likeness (QED) is 0.187. The highest BCUT2D eigenvalue weighted by atomic mass is 31.2. The van der Waals surface area contributed by atoms with E-state index in [1.165, 1.54) is 4.90 Å². The van der Waals surface area contributed by atoms with Gasteiger partial charge in [-0.15, -0.1) is 0 Å². The molecule has 9 nitrogen and oxygen atoms in total. The highest BCUT2D eigenvalue weighted by molar-refractivity contribution is 7.47. The zero-order chi connectivity index (χ0) is 33.3. The minimum Gasteiger partial charge on any atom is -0.493 e. The topological polar surface area (TPSA) is 105 Å². The molecule has 250 valence electrons. The molecule has 4 rings (SSSR count). The number of carbonyl (C=O) groups is 2. The Bertz CT molecular complexity index is 1380. The van der Waals surface area contributed by atoms with Gasteiger partial charge in [-0.25, -0.2) is 0 Å². The van der Waals surface area contributed by atoms with Crippen LogP contribution in [0.15, 0.2) is 42.7 Å². The van der Waals surface area contributed by atoms with Gasteiger partial charge >= 0.3 is 6.18 Å². The van der Waals surface area contributed by atoms with Gasteiger partial charge in [0.1, 0.15) is 5.75 Å². The van der Waals surface area contributed by atoms with Crippen molar-refractivity contribution in [2.24, 2.45) is 5.92 Å². The molecule has 1 aromatic heterocycles. The molecule has 1 aromatic carbocycles. The zero-order valence-electron chi connectivity index (χ0n) is 26.6. The summed E-state index contributed by atoms with van der Waals surface area (Å²) in [7, 11) is 2.27. The van der Waals surface area contributed by atoms with Crippen LogP contribution >= 0.6 is 8.38 Å². The van der Waals surface area contributed by atoms with Crippen LogP contribution in [-0.2, 0) is 25.4 Å². The number of halogens is 3. The molecule has 13 heteroatoms. The van der Waals surface area contributed by atoms with E-state index in [4.69, 9.17) is 13.8 Å². The predicted octanol–water partition coefficient (Wildman–Crippen LogP) is 6.58. The number of para-hydroxylation sites is 1. The summed E-state index contributed by atoms with van der Waals surface area (Å²) in [5.41, 5.74) is -1.58. The molecule has 3 heterocycles. The highest BCUT2D eigenvalue weighted by Gasteiger charge is 2.45. The Hall–Kier alpha value is -3.26. The lowest BCUT2D eigenvalue weighted by Crippen LogP contribution is -2.55. The third kappa shape index (κ3) is 7.99. The number of nitrogens with zero attached hydrogens (tertiary/aromatic N) is 4. The average molecular weight is 663 g/mol. The van der Waals surface area contributed by atoms with Crippen molar-refractivity contribution >= 4 is 20.2 Å². The molecule has 2 aromatic rings. The molecule has 2 fully saturated rings. The normalized spacial score (nSPS) is 20.0. The monoisotopic (exact) mass is 662 g/mol. The molecule has 0 saturated carbocycles. The number of ether oxygens (including phenoxy) is 1. The number of likely N-dealkylation sites (tertiary alicyclic amines) is 2. The fourth-order valence-corrected chi connectivity index (χ4v) is 7.52. The van der Waals surface area contributed by atoms with E-state index < -0.39 is 49.0 Å². The van der Waals surface area contributed by atoms with Crippen molar-refractivity contribution in [1.29, 1.82) is 5.26 Å². The maximum Gasteiger partial charge on any atom is 0.417 e. The van der Waals surface area contributed by atoms with E-state index in [2.05, 4.69) is 11.1 Å². The number of carbonyl (C=O) groups excluding carboxylic acids is 2. The first-order chi connectivity index (χ1) is 22.1. The number of pyridine rings is 1. The van der Waals surface area contributed by atoms with Crippen molar-refractivity contribution in [2.75, 3.05) is 46.6 Å². The number of rotatable bonds is 12. The number of nitriles is 1. The van der Waals surface area contributed by atoms with Crippen LogP contribution in [0.3, 0.4) is 0 Å². The average Bonchev–Trinajstić information content (AvgIpc) is 3.08. The number of alkyl halides is 3. The van der Waals surface area contributed by atoms with Crippen LogP contribution in [-0.4, -0.2) is 79.3 Å². The van der Waals surface area contributed by atoms with Crippen molar-refractivity contribution in [3.63, 3.8) is 0 Å². The largest absolute Gasteiger partial charge is 0.493 e. The lowest BCUT2D eigenvalue weighted by Gasteiger charge is -2.44. The van der Waals surface area contributed by atoms with E-state index in [0.717, 1.165) is 36.6 Å². The van der Waals surface area contributed by atoms with Crippen molar-refractivity contribution in [1.82, 2.24) is 14.8 Å². The lowest BCUT2D eigenvalue weighted by atomic mass is 9.73. The van der Waals surface area contributed by atoms with E-state index in [1.807, 2.05) is 31.2 Å². The standard InChI is InChI=1S/C33H42F3N4O5P/c1-4-9-28-24(10-7-17-40(28)31(42)25-22-38-16-13-26(25)33(34,35)36)30(41)39-18-14-32(23-37,15-19-39)27-11-5-6-12-29(27)45-20-8-21-46(43-2)44-3/h5-6,11-13,16,22,24,28H,4,7-10,14-15,17-21H2,1-3H3. The summed E-state index contributed by atoms with van der Waals surface area (Å²) in [5.74, 6) is -0.780. The van der Waals surface area contributed by atoms with Crippen LogP contribution in [0.4, 0.5) is 13.2 Å². The second-order valence-electron chi connectivity index (χ2n) is 11.7. The Morgan fingerprint density at radius 2 is 1.85 bits per heavy atom. The summed E-state index contributed by atoms with van der Waals surface area (Å²) in [4.78, 5) is 34.6. The minimum absolute atomic E-state index is 0.123. The molecule has 2 aliphatic rings. The van der Waals surface area contributed by atoms with Crippen molar-refractivity contribution in [3.8, 4) is 11.8 Å². The van der Waals surface area contributed by atoms with E-state index in [1.54, 1.807) is 19.1 Å². The van der Waals surface area contributed by atoms with Crippen LogP contribution in [0, 0.1) is 17.2 Å². The highest BCUT2D eigenvalue weighted by Crippen LogP contribution is 2.42. The molecule has 46 heavy (non-hydrogen) atoms. The lowest BCUT2D eigenvalue weighted by molar-refractivity contribution is -0.141. The number of benzene rings is 1. The van der Waals surface area contributed by atoms with E-state index in [9.17, 15) is 28.0 Å². The zero-order valence-corrected chi connectivity index (χ0v) is 27.5. The van der Waals surface area contributed by atoms with Gasteiger partial charge in [0.05, 0.1) is 35.1 Å². The summed E-state index contributed by atoms with van der Waals surface area (Å²) < 4.78 is 58.0. The van der Waals surface area contributed by atoms with Gasteiger partial charge in [-0.05, 0) is 50.7 Å². The summed E-state index contributed by atoms with van der Waals surface area (Å²) >= 11 is 0. The third-order valence-corrected chi connectivity index (χ3v) is 10.5. The Balaban J connectivity index is 1.47. The smallest absolute Gasteiger partial charge is 0.417 e. The minimum atomic E-state index is -4.71. The van der Waals surface area contributed by atoms with Gasteiger partial charge in [0.2, 0.25) is 5.91 Å². The number of piperidine rings is 2. The second-order valence-corrected chi connectivity index (χ2v) is 13.5. The molecule has 0 bridgehead atoms. The van der Waals surface area contributed by atoms with E-state index in [0.29, 0.717) is 64.0 Å². The second kappa shape index (κ2) is 16.0. The van der Waals surface area contributed by atoms with Gasteiger partial charge in [0.25, 0.3) is 5.91 Å². The molecular formula is C33H42F3N4O5P. The molecular weight excluding hydrogens is 620 g/mol. The first-order valence-electron chi connectivity index (χ1n) is 15.7. The van der Waals surface area contributed by atoms with Crippen LogP contribution in [0.1, 0.15) is 73.4 Å². The maximum atomic E-state index is 14.0. The fraction of sp³-hybridized carbons (Fsp3) is 0.576. The fourth-order valence-electron chi connectivity index (χ4n) is 6.62. The van der Waals surface area contributed by atoms with Gasteiger partial charge in [-0.1, -0.05) is 31.5 Å². The summed E-state index contributed by atoms with van der Waals surface area (Å²) in [5, 5.41) is 10.4. The van der Waals surface area contributed by atoms with Crippen molar-refractivity contribution in [3.05, 3.63) is 59.4 Å². The first kappa shape index (κ1) is 35.6. The van der Waals surface area contributed by atoms with E-state index in [-0.39, 0.29) is 12.5 Å². The van der Waals surface area contributed by atoms with E-state index >= 15 is 0 Å². The van der Waals surface area contributed by atoms with Crippen LogP contribution in [0.25, 0.3) is 0 Å².